The van der Waals surface area contributed by atoms with Gasteiger partial charge in [0, 0.05) is 19.6 Å². The molecule has 1 aliphatic heterocycles. The molecule has 128 valence electrons. The number of amides is 1. The first-order chi connectivity index (χ1) is 10.8. The van der Waals surface area contributed by atoms with E-state index in [4.69, 9.17) is 9.47 Å². The molecule has 0 aliphatic carbocycles. The second kappa shape index (κ2) is 7.79. The number of benzene rings is 1. The molecule has 1 aromatic rings. The summed E-state index contributed by atoms with van der Waals surface area (Å²) in [7, 11) is 0. The number of aryl methyl sites for hydroxylation is 1. The van der Waals surface area contributed by atoms with Gasteiger partial charge in [0.05, 0.1) is 19.3 Å². The summed E-state index contributed by atoms with van der Waals surface area (Å²) in [6.45, 7) is 10.9. The number of rotatable bonds is 4. The fourth-order valence-electron chi connectivity index (χ4n) is 2.59. The van der Waals surface area contributed by atoms with Crippen LogP contribution in [0.2, 0.25) is 0 Å². The van der Waals surface area contributed by atoms with Gasteiger partial charge in [0.1, 0.15) is 5.60 Å². The molecule has 1 heterocycles. The SMILES string of the molecule is Cc1cccc(CNCC2COCCN2C(=O)OC(C)(C)C)c1. The highest BCUT2D eigenvalue weighted by Crippen LogP contribution is 2.14. The Morgan fingerprint density at radius 1 is 1.43 bits per heavy atom. The predicted molar refractivity (Wildman–Crippen MR) is 90.4 cm³/mol. The molecule has 5 nitrogen and oxygen atoms in total. The normalized spacial score (nSPS) is 18.8. The lowest BCUT2D eigenvalue weighted by Crippen LogP contribution is -2.54. The molecular formula is C18H28N2O3. The molecule has 2 rings (SSSR count). The Bertz CT molecular complexity index is 525. The first-order valence-electron chi connectivity index (χ1n) is 8.19. The third kappa shape index (κ3) is 5.84. The first kappa shape index (κ1) is 17.8. The molecule has 1 amide bonds. The molecule has 0 saturated carbocycles. The Kier molecular flexibility index (Phi) is 6.02. The third-order valence-corrected chi connectivity index (χ3v) is 3.65. The van der Waals surface area contributed by atoms with E-state index in [0.717, 1.165) is 6.54 Å². The maximum absolute atomic E-state index is 12.3. The number of nitrogens with one attached hydrogen (secondary N) is 1. The number of hydrogen-bond donors (Lipinski definition) is 1. The second-order valence-corrected chi connectivity index (χ2v) is 7.02. The van der Waals surface area contributed by atoms with Gasteiger partial charge < -0.3 is 14.8 Å². The van der Waals surface area contributed by atoms with Crippen LogP contribution in [0.3, 0.4) is 0 Å². The molecule has 1 fully saturated rings. The molecule has 1 aromatic carbocycles. The van der Waals surface area contributed by atoms with Crippen molar-refractivity contribution < 1.29 is 14.3 Å². The van der Waals surface area contributed by atoms with Gasteiger partial charge in [0.25, 0.3) is 0 Å². The van der Waals surface area contributed by atoms with E-state index in [9.17, 15) is 4.79 Å². The highest BCUT2D eigenvalue weighted by molar-refractivity contribution is 5.68. The summed E-state index contributed by atoms with van der Waals surface area (Å²) >= 11 is 0. The molecule has 23 heavy (non-hydrogen) atoms. The predicted octanol–water partition coefficient (Wildman–Crippen LogP) is 2.72. The van der Waals surface area contributed by atoms with Crippen LogP contribution in [-0.4, -0.2) is 48.9 Å². The minimum atomic E-state index is -0.477. The van der Waals surface area contributed by atoms with Gasteiger partial charge in [-0.05, 0) is 33.3 Å². The Labute approximate surface area is 139 Å². The van der Waals surface area contributed by atoms with E-state index >= 15 is 0 Å². The summed E-state index contributed by atoms with van der Waals surface area (Å²) in [6, 6.07) is 8.41. The van der Waals surface area contributed by atoms with Gasteiger partial charge >= 0.3 is 6.09 Å². The zero-order valence-electron chi connectivity index (χ0n) is 14.6. The molecule has 1 atom stereocenters. The Balaban J connectivity index is 1.87. The molecule has 0 radical (unpaired) electrons. The minimum Gasteiger partial charge on any atom is -0.444 e. The van der Waals surface area contributed by atoms with E-state index < -0.39 is 5.60 Å². The molecule has 0 spiro atoms. The second-order valence-electron chi connectivity index (χ2n) is 7.02. The van der Waals surface area contributed by atoms with Crippen LogP contribution < -0.4 is 5.32 Å². The van der Waals surface area contributed by atoms with Crippen LogP contribution in [-0.2, 0) is 16.0 Å². The summed E-state index contributed by atoms with van der Waals surface area (Å²) in [5.41, 5.74) is 2.01. The zero-order chi connectivity index (χ0) is 16.9. The van der Waals surface area contributed by atoms with E-state index in [-0.39, 0.29) is 12.1 Å². The lowest BCUT2D eigenvalue weighted by Gasteiger charge is -2.36. The van der Waals surface area contributed by atoms with Gasteiger partial charge in [0.15, 0.2) is 0 Å². The fraction of sp³-hybridized carbons (Fsp3) is 0.611. The van der Waals surface area contributed by atoms with Crippen LogP contribution >= 0.6 is 0 Å². The van der Waals surface area contributed by atoms with Crippen LogP contribution in [0.1, 0.15) is 31.9 Å². The average Bonchev–Trinajstić information content (AvgIpc) is 2.46. The van der Waals surface area contributed by atoms with Crippen LogP contribution in [0, 0.1) is 6.92 Å². The number of carbonyl (C=O) groups is 1. The van der Waals surface area contributed by atoms with E-state index in [1.165, 1.54) is 11.1 Å². The van der Waals surface area contributed by atoms with E-state index in [1.807, 2.05) is 20.8 Å². The summed E-state index contributed by atoms with van der Waals surface area (Å²) in [5.74, 6) is 0. The number of hydrogen-bond acceptors (Lipinski definition) is 4. The number of ether oxygens (including phenoxy) is 2. The molecular weight excluding hydrogens is 292 g/mol. The lowest BCUT2D eigenvalue weighted by molar-refractivity contribution is -0.0317. The summed E-state index contributed by atoms with van der Waals surface area (Å²) < 4.78 is 11.0. The van der Waals surface area contributed by atoms with Gasteiger partial charge in [-0.3, -0.25) is 4.90 Å². The molecule has 1 saturated heterocycles. The smallest absolute Gasteiger partial charge is 0.410 e. The zero-order valence-corrected chi connectivity index (χ0v) is 14.6. The first-order valence-corrected chi connectivity index (χ1v) is 8.19. The summed E-state index contributed by atoms with van der Waals surface area (Å²) in [4.78, 5) is 14.1. The highest BCUT2D eigenvalue weighted by atomic mass is 16.6. The van der Waals surface area contributed by atoms with Crippen molar-refractivity contribution in [3.63, 3.8) is 0 Å². The fourth-order valence-corrected chi connectivity index (χ4v) is 2.59. The summed E-state index contributed by atoms with van der Waals surface area (Å²) in [6.07, 6.45) is -0.261. The quantitative estimate of drug-likeness (QED) is 0.927. The van der Waals surface area contributed by atoms with Crippen LogP contribution in [0.15, 0.2) is 24.3 Å². The number of nitrogens with zero attached hydrogens (tertiary/aromatic N) is 1. The molecule has 5 heteroatoms. The number of morpholine rings is 1. The highest BCUT2D eigenvalue weighted by Gasteiger charge is 2.30. The van der Waals surface area contributed by atoms with Crippen molar-refractivity contribution in [1.82, 2.24) is 10.2 Å². The van der Waals surface area contributed by atoms with Crippen molar-refractivity contribution >= 4 is 6.09 Å². The van der Waals surface area contributed by atoms with E-state index in [2.05, 4.69) is 36.5 Å². The van der Waals surface area contributed by atoms with Gasteiger partial charge in [-0.2, -0.15) is 0 Å². The van der Waals surface area contributed by atoms with Gasteiger partial charge in [-0.1, -0.05) is 29.8 Å². The lowest BCUT2D eigenvalue weighted by atomic mass is 10.1. The molecule has 0 aromatic heterocycles. The Morgan fingerprint density at radius 2 is 2.22 bits per heavy atom. The van der Waals surface area contributed by atoms with E-state index in [0.29, 0.717) is 26.3 Å². The summed E-state index contributed by atoms with van der Waals surface area (Å²) in [5, 5.41) is 3.42. The van der Waals surface area contributed by atoms with Crippen molar-refractivity contribution in [2.75, 3.05) is 26.3 Å². The molecule has 1 aliphatic rings. The minimum absolute atomic E-state index is 0.00316. The van der Waals surface area contributed by atoms with Crippen LogP contribution in [0.25, 0.3) is 0 Å². The largest absolute Gasteiger partial charge is 0.444 e. The standard InChI is InChI=1S/C18H28N2O3/c1-14-6-5-7-15(10-14)11-19-12-16-13-22-9-8-20(16)17(21)23-18(2,3)4/h5-7,10,16,19H,8-9,11-13H2,1-4H3. The monoisotopic (exact) mass is 320 g/mol. The van der Waals surface area contributed by atoms with E-state index in [1.54, 1.807) is 4.90 Å². The maximum atomic E-state index is 12.3. The van der Waals surface area contributed by atoms with Crippen molar-refractivity contribution in [1.29, 1.82) is 0 Å². The maximum Gasteiger partial charge on any atom is 0.410 e. The van der Waals surface area contributed by atoms with Crippen LogP contribution in [0.4, 0.5) is 4.79 Å². The van der Waals surface area contributed by atoms with Gasteiger partial charge in [0.2, 0.25) is 0 Å². The molecule has 1 unspecified atom stereocenters. The van der Waals surface area contributed by atoms with Gasteiger partial charge in [-0.15, -0.1) is 0 Å². The number of carbonyl (C=O) groups excluding carboxylic acids is 1. The van der Waals surface area contributed by atoms with Gasteiger partial charge in [-0.25, -0.2) is 4.79 Å². The molecule has 0 bridgehead atoms. The van der Waals surface area contributed by atoms with Crippen LogP contribution in [0.5, 0.6) is 0 Å². The topological polar surface area (TPSA) is 50.8 Å². The Hall–Kier alpha value is -1.59. The third-order valence-electron chi connectivity index (χ3n) is 3.65. The van der Waals surface area contributed by atoms with Crippen molar-refractivity contribution in [3.05, 3.63) is 35.4 Å². The van der Waals surface area contributed by atoms with Crippen molar-refractivity contribution in [3.8, 4) is 0 Å². The van der Waals surface area contributed by atoms with Crippen molar-refractivity contribution in [2.45, 2.75) is 45.9 Å². The Morgan fingerprint density at radius 3 is 2.91 bits per heavy atom. The molecule has 1 N–H and O–H groups in total. The average molecular weight is 320 g/mol. The van der Waals surface area contributed by atoms with Crippen molar-refractivity contribution in [2.24, 2.45) is 0 Å².